The second-order valence-electron chi connectivity index (χ2n) is 4.94. The van der Waals surface area contributed by atoms with Crippen LogP contribution >= 0.6 is 0 Å². The number of hydrogen-bond donors (Lipinski definition) is 1. The number of primary amides is 1. The molecule has 2 heterocycles. The van der Waals surface area contributed by atoms with Crippen LogP contribution in [0.4, 0.5) is 4.79 Å². The van der Waals surface area contributed by atoms with Crippen LogP contribution in [0.1, 0.15) is 13.8 Å². The van der Waals surface area contributed by atoms with E-state index in [0.29, 0.717) is 10.6 Å². The molecule has 0 radical (unpaired) electrons. The summed E-state index contributed by atoms with van der Waals surface area (Å²) in [6.07, 6.45) is 1.55. The van der Waals surface area contributed by atoms with Gasteiger partial charge in [-0.1, -0.05) is 19.9 Å². The molecule has 0 spiro atoms. The van der Waals surface area contributed by atoms with Gasteiger partial charge in [-0.2, -0.15) is 9.35 Å². The fraction of sp³-hybridized carbons (Fsp3) is 0.600. The number of hydrogen-bond acceptors (Lipinski definition) is 6. The number of hydroxylamine groups is 2. The summed E-state index contributed by atoms with van der Waals surface area (Å²) in [6.45, 7) is 3.67. The van der Waals surface area contributed by atoms with Crippen LogP contribution in [0.25, 0.3) is 0 Å². The van der Waals surface area contributed by atoms with Gasteiger partial charge in [0.1, 0.15) is 6.04 Å². The number of carbonyl (C=O) groups is 2. The van der Waals surface area contributed by atoms with E-state index < -0.39 is 34.4 Å². The van der Waals surface area contributed by atoms with Crippen LogP contribution in [-0.2, 0) is 19.5 Å². The summed E-state index contributed by atoms with van der Waals surface area (Å²) in [7, 11) is -5.07. The Morgan fingerprint density at radius 1 is 1.52 bits per heavy atom. The van der Waals surface area contributed by atoms with Crippen LogP contribution in [0.2, 0.25) is 0 Å². The van der Waals surface area contributed by atoms with Gasteiger partial charge in [0, 0.05) is 0 Å². The first kappa shape index (κ1) is 18.4. The third kappa shape index (κ3) is 3.58. The molecule has 0 aliphatic carbocycles. The van der Waals surface area contributed by atoms with Crippen molar-refractivity contribution in [1.82, 2.24) is 9.96 Å². The molecule has 2 aliphatic heterocycles. The van der Waals surface area contributed by atoms with Crippen LogP contribution in [0, 0.1) is 5.92 Å². The van der Waals surface area contributed by atoms with Gasteiger partial charge in [-0.15, -0.1) is 0 Å². The van der Waals surface area contributed by atoms with Gasteiger partial charge in [-0.3, -0.25) is 4.79 Å². The van der Waals surface area contributed by atoms with Crippen LogP contribution in [0.3, 0.4) is 0 Å². The molecular formula is C10H14N3NaO6S. The predicted octanol–water partition coefficient (Wildman–Crippen LogP) is -4.06. The predicted molar refractivity (Wildman–Crippen MR) is 64.4 cm³/mol. The van der Waals surface area contributed by atoms with Crippen molar-refractivity contribution >= 4 is 22.3 Å². The summed E-state index contributed by atoms with van der Waals surface area (Å²) in [5, 5.41) is 0.466. The minimum atomic E-state index is -5.07. The average Bonchev–Trinajstić information content (AvgIpc) is 2.52. The van der Waals surface area contributed by atoms with Crippen molar-refractivity contribution in [2.75, 3.05) is 6.54 Å². The SMILES string of the molecule is CC(C)C1=CC2CN(C(=O)N2OS(=O)(=O)[O-])[C@@H]1C(N)=O.[Na+]. The molecule has 3 amide bonds. The van der Waals surface area contributed by atoms with Crippen molar-refractivity contribution in [3.05, 3.63) is 11.6 Å². The fourth-order valence-electron chi connectivity index (χ4n) is 2.46. The van der Waals surface area contributed by atoms with Gasteiger partial charge in [0.15, 0.2) is 0 Å². The molecule has 1 unspecified atom stereocenters. The molecule has 11 heteroatoms. The number of amides is 3. The van der Waals surface area contributed by atoms with E-state index in [9.17, 15) is 22.6 Å². The normalized spacial score (nSPS) is 25.0. The van der Waals surface area contributed by atoms with Crippen LogP contribution < -0.4 is 35.3 Å². The molecule has 0 aromatic heterocycles. The maximum atomic E-state index is 12.0. The second kappa shape index (κ2) is 6.23. The van der Waals surface area contributed by atoms with E-state index in [4.69, 9.17) is 5.73 Å². The maximum absolute atomic E-state index is 12.0. The maximum Gasteiger partial charge on any atom is 1.00 e. The molecule has 1 fully saturated rings. The van der Waals surface area contributed by atoms with Gasteiger partial charge < -0.3 is 15.2 Å². The zero-order valence-electron chi connectivity index (χ0n) is 11.8. The monoisotopic (exact) mass is 327 g/mol. The molecule has 2 bridgehead atoms. The molecular weight excluding hydrogens is 313 g/mol. The Hall–Kier alpha value is -0.650. The summed E-state index contributed by atoms with van der Waals surface area (Å²) in [4.78, 5) is 24.7. The van der Waals surface area contributed by atoms with E-state index in [1.165, 1.54) is 0 Å². The van der Waals surface area contributed by atoms with E-state index in [1.807, 2.05) is 13.8 Å². The molecule has 2 N–H and O–H groups in total. The van der Waals surface area contributed by atoms with Gasteiger partial charge in [-0.25, -0.2) is 13.2 Å². The van der Waals surface area contributed by atoms with Gasteiger partial charge in [0.2, 0.25) is 16.3 Å². The standard InChI is InChI=1S/C10H15N3O6S.Na/c1-5(2)7-3-6-4-12(8(7)9(11)14)10(15)13(6)19-20(16,17)18;/h3,5-6,8H,4H2,1-2H3,(H2,11,14)(H,16,17,18);/q;+1/p-1/t6?,8-;/m0./s1. The second-order valence-corrected chi connectivity index (χ2v) is 5.90. The third-order valence-corrected chi connectivity index (χ3v) is 3.58. The van der Waals surface area contributed by atoms with Crippen molar-refractivity contribution in [3.63, 3.8) is 0 Å². The fourth-order valence-corrected chi connectivity index (χ4v) is 2.83. The Labute approximate surface area is 144 Å². The van der Waals surface area contributed by atoms with Gasteiger partial charge in [0.25, 0.3) is 0 Å². The molecule has 112 valence electrons. The number of nitrogens with two attached hydrogens (primary N) is 1. The Morgan fingerprint density at radius 3 is 2.52 bits per heavy atom. The van der Waals surface area contributed by atoms with E-state index in [1.54, 1.807) is 6.08 Å². The molecule has 2 aliphatic rings. The molecule has 0 aromatic rings. The number of nitrogens with zero attached hydrogens (tertiary/aromatic N) is 2. The molecule has 0 aromatic carbocycles. The number of urea groups is 1. The molecule has 2 rings (SSSR count). The number of rotatable bonds is 4. The summed E-state index contributed by atoms with van der Waals surface area (Å²) in [6, 6.07) is -2.56. The van der Waals surface area contributed by atoms with Gasteiger partial charge in [0.05, 0.1) is 12.6 Å². The van der Waals surface area contributed by atoms with Crippen molar-refractivity contribution in [1.29, 1.82) is 0 Å². The Morgan fingerprint density at radius 2 is 2.10 bits per heavy atom. The molecule has 1 saturated heterocycles. The quantitative estimate of drug-likeness (QED) is 0.242. The summed E-state index contributed by atoms with van der Waals surface area (Å²) < 4.78 is 36.1. The van der Waals surface area contributed by atoms with Crippen LogP contribution in [0.5, 0.6) is 0 Å². The van der Waals surface area contributed by atoms with Crippen LogP contribution in [0.15, 0.2) is 11.6 Å². The zero-order valence-corrected chi connectivity index (χ0v) is 14.7. The average molecular weight is 327 g/mol. The van der Waals surface area contributed by atoms with Gasteiger partial charge >= 0.3 is 35.6 Å². The van der Waals surface area contributed by atoms with Crippen LogP contribution in [-0.4, -0.2) is 53.5 Å². The number of carbonyl (C=O) groups excluding carboxylic acids is 2. The van der Waals surface area contributed by atoms with E-state index in [-0.39, 0.29) is 42.0 Å². The van der Waals surface area contributed by atoms with E-state index >= 15 is 0 Å². The topological polar surface area (TPSA) is 133 Å². The van der Waals surface area contributed by atoms with Crippen molar-refractivity contribution < 1.29 is 56.4 Å². The summed E-state index contributed by atoms with van der Waals surface area (Å²) in [5.41, 5.74) is 5.90. The molecule has 21 heavy (non-hydrogen) atoms. The first-order valence-corrected chi connectivity index (χ1v) is 7.21. The Bertz CT molecular complexity index is 590. The first-order chi connectivity index (χ1) is 9.11. The number of fused-ring (bicyclic) bond motifs is 2. The smallest absolute Gasteiger partial charge is 0.724 e. The minimum absolute atomic E-state index is 0. The minimum Gasteiger partial charge on any atom is -0.724 e. The van der Waals surface area contributed by atoms with E-state index in [2.05, 4.69) is 4.28 Å². The zero-order chi connectivity index (χ0) is 15.2. The van der Waals surface area contributed by atoms with Gasteiger partial charge in [-0.05, 0) is 11.5 Å². The Kier molecular flexibility index (Phi) is 5.45. The molecule has 0 saturated carbocycles. The summed E-state index contributed by atoms with van der Waals surface area (Å²) in [5.74, 6) is -0.794. The van der Waals surface area contributed by atoms with Crippen molar-refractivity contribution in [2.45, 2.75) is 25.9 Å². The largest absolute Gasteiger partial charge is 1.00 e. The molecule has 9 nitrogen and oxygen atoms in total. The van der Waals surface area contributed by atoms with Crippen molar-refractivity contribution in [2.24, 2.45) is 11.7 Å². The molecule has 2 atom stereocenters. The first-order valence-electron chi connectivity index (χ1n) is 5.88. The van der Waals surface area contributed by atoms with E-state index in [0.717, 1.165) is 4.90 Å². The summed E-state index contributed by atoms with van der Waals surface area (Å²) >= 11 is 0. The third-order valence-electron chi connectivity index (χ3n) is 3.24. The Balaban J connectivity index is 0.00000220. The van der Waals surface area contributed by atoms with Crippen molar-refractivity contribution in [3.8, 4) is 0 Å².